The Morgan fingerprint density at radius 1 is 1.28 bits per heavy atom. The first-order chi connectivity index (χ1) is 8.58. The van der Waals surface area contributed by atoms with Gasteiger partial charge in [-0.15, -0.1) is 0 Å². The van der Waals surface area contributed by atoms with Gasteiger partial charge in [-0.25, -0.2) is 0 Å². The summed E-state index contributed by atoms with van der Waals surface area (Å²) >= 11 is 6.08. The first-order valence-corrected chi connectivity index (χ1v) is 5.81. The molecule has 0 aliphatic carbocycles. The largest absolute Gasteiger partial charge is 0.322 e. The van der Waals surface area contributed by atoms with E-state index in [0.29, 0.717) is 22.0 Å². The van der Waals surface area contributed by atoms with Crippen molar-refractivity contribution in [2.45, 2.75) is 13.8 Å². The Bertz CT molecular complexity index is 561. The Morgan fingerprint density at radius 3 is 2.56 bits per heavy atom. The van der Waals surface area contributed by atoms with Crippen LogP contribution in [0.15, 0.2) is 30.6 Å². The Hall–Kier alpha value is -1.94. The Kier molecular flexibility index (Phi) is 3.58. The summed E-state index contributed by atoms with van der Waals surface area (Å²) in [6, 6.07) is 5.10. The van der Waals surface area contributed by atoms with Crippen LogP contribution < -0.4 is 5.32 Å². The first kappa shape index (κ1) is 12.5. The van der Waals surface area contributed by atoms with Crippen LogP contribution in [0.3, 0.4) is 0 Å². The zero-order valence-electron chi connectivity index (χ0n) is 10.1. The second kappa shape index (κ2) is 5.14. The smallest absolute Gasteiger partial charge is 0.259 e. The van der Waals surface area contributed by atoms with Crippen molar-refractivity contribution < 1.29 is 4.79 Å². The maximum Gasteiger partial charge on any atom is 0.259 e. The fourth-order valence-electron chi connectivity index (χ4n) is 1.68. The monoisotopic (exact) mass is 261 g/mol. The summed E-state index contributed by atoms with van der Waals surface area (Å²) in [4.78, 5) is 20.2. The normalized spacial score (nSPS) is 10.2. The molecule has 0 bridgehead atoms. The molecule has 0 spiro atoms. The molecule has 2 heterocycles. The quantitative estimate of drug-likeness (QED) is 0.904. The first-order valence-electron chi connectivity index (χ1n) is 5.43. The van der Waals surface area contributed by atoms with E-state index in [1.165, 1.54) is 0 Å². The number of amides is 1. The van der Waals surface area contributed by atoms with Gasteiger partial charge in [0.05, 0.1) is 16.3 Å². The number of aryl methyl sites for hydroxylation is 2. The average Bonchev–Trinajstić information content (AvgIpc) is 2.28. The highest BCUT2D eigenvalue weighted by molar-refractivity contribution is 6.34. The number of carbonyl (C=O) groups is 1. The number of halogens is 1. The van der Waals surface area contributed by atoms with Crippen molar-refractivity contribution in [1.82, 2.24) is 9.97 Å². The predicted molar refractivity (Wildman–Crippen MR) is 70.9 cm³/mol. The highest BCUT2D eigenvalue weighted by Gasteiger charge is 2.15. The zero-order valence-corrected chi connectivity index (χ0v) is 10.8. The van der Waals surface area contributed by atoms with Crippen LogP contribution in [0, 0.1) is 13.8 Å². The Labute approximate surface area is 110 Å². The Balaban J connectivity index is 2.30. The molecule has 5 heteroatoms. The van der Waals surface area contributed by atoms with Gasteiger partial charge >= 0.3 is 0 Å². The molecule has 0 atom stereocenters. The third-order valence-corrected chi connectivity index (χ3v) is 2.74. The topological polar surface area (TPSA) is 54.9 Å². The van der Waals surface area contributed by atoms with E-state index in [0.717, 1.165) is 5.69 Å². The number of nitrogens with zero attached hydrogens (tertiary/aromatic N) is 2. The van der Waals surface area contributed by atoms with E-state index in [1.54, 1.807) is 37.5 Å². The van der Waals surface area contributed by atoms with Crippen molar-refractivity contribution in [3.63, 3.8) is 0 Å². The van der Waals surface area contributed by atoms with Crippen molar-refractivity contribution in [3.05, 3.63) is 52.6 Å². The summed E-state index contributed by atoms with van der Waals surface area (Å²) in [7, 11) is 0. The maximum atomic E-state index is 12.1. The van der Waals surface area contributed by atoms with Crippen LogP contribution in [-0.4, -0.2) is 15.9 Å². The van der Waals surface area contributed by atoms with Gasteiger partial charge in [-0.05, 0) is 32.0 Å². The van der Waals surface area contributed by atoms with Gasteiger partial charge < -0.3 is 5.32 Å². The number of rotatable bonds is 2. The molecule has 0 radical (unpaired) electrons. The molecule has 92 valence electrons. The lowest BCUT2D eigenvalue weighted by Crippen LogP contribution is -2.15. The van der Waals surface area contributed by atoms with Gasteiger partial charge in [-0.2, -0.15) is 0 Å². The summed E-state index contributed by atoms with van der Waals surface area (Å²) in [5, 5.41) is 3.16. The van der Waals surface area contributed by atoms with Gasteiger partial charge in [0.1, 0.15) is 0 Å². The van der Waals surface area contributed by atoms with Crippen LogP contribution in [0.2, 0.25) is 5.02 Å². The number of carbonyl (C=O) groups excluding carboxylic acids is 1. The van der Waals surface area contributed by atoms with Crippen LogP contribution in [0.4, 0.5) is 5.69 Å². The summed E-state index contributed by atoms with van der Waals surface area (Å²) in [5.74, 6) is -0.267. The lowest BCUT2D eigenvalue weighted by molar-refractivity contribution is 0.102. The van der Waals surface area contributed by atoms with Crippen molar-refractivity contribution in [2.24, 2.45) is 0 Å². The zero-order chi connectivity index (χ0) is 13.1. The van der Waals surface area contributed by atoms with Gasteiger partial charge in [0, 0.05) is 23.8 Å². The van der Waals surface area contributed by atoms with Crippen molar-refractivity contribution in [3.8, 4) is 0 Å². The van der Waals surface area contributed by atoms with E-state index in [2.05, 4.69) is 15.3 Å². The van der Waals surface area contributed by atoms with E-state index in [9.17, 15) is 4.79 Å². The number of hydrogen-bond donors (Lipinski definition) is 1. The minimum atomic E-state index is -0.267. The molecule has 0 unspecified atom stereocenters. The van der Waals surface area contributed by atoms with Crippen molar-refractivity contribution in [2.75, 3.05) is 5.32 Å². The molecule has 0 saturated carbocycles. The summed E-state index contributed by atoms with van der Waals surface area (Å²) in [6.45, 7) is 3.60. The maximum absolute atomic E-state index is 12.1. The molecular weight excluding hydrogens is 250 g/mol. The van der Waals surface area contributed by atoms with E-state index < -0.39 is 0 Å². The van der Waals surface area contributed by atoms with Crippen LogP contribution >= 0.6 is 11.6 Å². The molecule has 2 rings (SSSR count). The summed E-state index contributed by atoms with van der Waals surface area (Å²) in [5.41, 5.74) is 2.48. The van der Waals surface area contributed by atoms with Gasteiger partial charge in [-0.1, -0.05) is 11.6 Å². The SMILES string of the molecule is Cc1cc(Cl)c(C(=O)Nc2ccncc2)c(C)n1. The number of anilines is 1. The molecule has 4 nitrogen and oxygen atoms in total. The molecule has 2 aromatic rings. The highest BCUT2D eigenvalue weighted by atomic mass is 35.5. The lowest BCUT2D eigenvalue weighted by Gasteiger charge is -2.09. The van der Waals surface area contributed by atoms with Crippen molar-refractivity contribution >= 4 is 23.2 Å². The lowest BCUT2D eigenvalue weighted by atomic mass is 10.1. The van der Waals surface area contributed by atoms with Gasteiger partial charge in [0.25, 0.3) is 5.91 Å². The molecule has 0 aromatic carbocycles. The molecular formula is C13H12ClN3O. The van der Waals surface area contributed by atoms with E-state index in [1.807, 2.05) is 6.92 Å². The van der Waals surface area contributed by atoms with E-state index in [4.69, 9.17) is 11.6 Å². The highest BCUT2D eigenvalue weighted by Crippen LogP contribution is 2.20. The Morgan fingerprint density at radius 2 is 1.94 bits per heavy atom. The minimum Gasteiger partial charge on any atom is -0.322 e. The fourth-order valence-corrected chi connectivity index (χ4v) is 2.06. The molecule has 0 aliphatic rings. The van der Waals surface area contributed by atoms with Crippen LogP contribution in [0.25, 0.3) is 0 Å². The number of pyridine rings is 2. The van der Waals surface area contributed by atoms with Gasteiger partial charge in [0.15, 0.2) is 0 Å². The van der Waals surface area contributed by atoms with E-state index in [-0.39, 0.29) is 5.91 Å². The number of aromatic nitrogens is 2. The minimum absolute atomic E-state index is 0.267. The van der Waals surface area contributed by atoms with Crippen molar-refractivity contribution in [1.29, 1.82) is 0 Å². The number of nitrogens with one attached hydrogen (secondary N) is 1. The fraction of sp³-hybridized carbons (Fsp3) is 0.154. The molecule has 0 fully saturated rings. The van der Waals surface area contributed by atoms with Crippen LogP contribution in [0.5, 0.6) is 0 Å². The molecule has 2 aromatic heterocycles. The second-order valence-electron chi connectivity index (χ2n) is 3.90. The molecule has 0 aliphatic heterocycles. The average molecular weight is 262 g/mol. The second-order valence-corrected chi connectivity index (χ2v) is 4.30. The molecule has 0 saturated heterocycles. The molecule has 18 heavy (non-hydrogen) atoms. The summed E-state index contributed by atoms with van der Waals surface area (Å²) in [6.07, 6.45) is 3.22. The van der Waals surface area contributed by atoms with E-state index >= 15 is 0 Å². The predicted octanol–water partition coefficient (Wildman–Crippen LogP) is 3.00. The standard InChI is InChI=1S/C13H12ClN3O/c1-8-7-11(14)12(9(2)16-8)13(18)17-10-3-5-15-6-4-10/h3-7H,1-2H3,(H,15,17,18). The van der Waals surface area contributed by atoms with Crippen LogP contribution in [-0.2, 0) is 0 Å². The molecule has 1 N–H and O–H groups in total. The van der Waals surface area contributed by atoms with Gasteiger partial charge in [-0.3, -0.25) is 14.8 Å². The van der Waals surface area contributed by atoms with Crippen LogP contribution in [0.1, 0.15) is 21.7 Å². The third-order valence-electron chi connectivity index (χ3n) is 2.45. The van der Waals surface area contributed by atoms with Gasteiger partial charge in [0.2, 0.25) is 0 Å². The number of hydrogen-bond acceptors (Lipinski definition) is 3. The third kappa shape index (κ3) is 2.65. The molecule has 1 amide bonds. The summed E-state index contributed by atoms with van der Waals surface area (Å²) < 4.78 is 0.